The minimum Gasteiger partial charge on any atom is -0.492 e. The van der Waals surface area contributed by atoms with Crippen LogP contribution in [-0.2, 0) is 0 Å². The maximum absolute atomic E-state index is 5.77. The first kappa shape index (κ1) is 16.8. The molecule has 0 aliphatic carbocycles. The van der Waals surface area contributed by atoms with Crippen molar-refractivity contribution in [2.45, 2.75) is 18.9 Å². The van der Waals surface area contributed by atoms with Crippen LogP contribution in [0, 0.1) is 0 Å². The summed E-state index contributed by atoms with van der Waals surface area (Å²) < 4.78 is 6.83. The fraction of sp³-hybridized carbons (Fsp3) is 0.571. The summed E-state index contributed by atoms with van der Waals surface area (Å²) in [5.74, 6) is 0.937. The number of likely N-dealkylation sites (N-methyl/N-ethyl adjacent to an activating group) is 1. The van der Waals surface area contributed by atoms with Crippen LogP contribution in [0.15, 0.2) is 28.7 Å². The fourth-order valence-electron chi connectivity index (χ4n) is 2.34. The normalized spacial score (nSPS) is 19.8. The molecule has 0 amide bonds. The topological polar surface area (TPSA) is 24.5 Å². The highest BCUT2D eigenvalue weighted by Gasteiger charge is 2.17. The molecule has 0 aromatic heterocycles. The van der Waals surface area contributed by atoms with Crippen molar-refractivity contribution in [1.29, 1.82) is 0 Å². The highest BCUT2D eigenvalue weighted by atomic mass is 79.9. The van der Waals surface area contributed by atoms with Crippen molar-refractivity contribution in [1.82, 2.24) is 10.2 Å². The Hall–Kier alpha value is -0.290. The van der Waals surface area contributed by atoms with Crippen molar-refractivity contribution >= 4 is 28.3 Å². The van der Waals surface area contributed by atoms with Crippen molar-refractivity contribution in [3.8, 4) is 5.75 Å². The molecule has 1 aliphatic heterocycles. The Bertz CT molecular complexity index is 378. The van der Waals surface area contributed by atoms with Crippen LogP contribution in [0.4, 0.5) is 0 Å². The number of piperidine rings is 1. The lowest BCUT2D eigenvalue weighted by Crippen LogP contribution is -2.45. The first-order valence-corrected chi connectivity index (χ1v) is 7.35. The van der Waals surface area contributed by atoms with Crippen LogP contribution in [0.5, 0.6) is 5.75 Å². The molecule has 0 spiro atoms. The highest BCUT2D eigenvalue weighted by molar-refractivity contribution is 9.10. The first-order chi connectivity index (χ1) is 8.78. The molecule has 1 aliphatic rings. The summed E-state index contributed by atoms with van der Waals surface area (Å²) >= 11 is 3.45. The van der Waals surface area contributed by atoms with Crippen LogP contribution in [0.3, 0.4) is 0 Å². The van der Waals surface area contributed by atoms with Crippen LogP contribution in [0.2, 0.25) is 0 Å². The molecule has 1 N–H and O–H groups in total. The molecule has 1 aromatic carbocycles. The Morgan fingerprint density at radius 1 is 1.47 bits per heavy atom. The fourth-order valence-corrected chi connectivity index (χ4v) is 2.72. The average molecular weight is 350 g/mol. The summed E-state index contributed by atoms with van der Waals surface area (Å²) in [6.45, 7) is 4.09. The second kappa shape index (κ2) is 8.80. The van der Waals surface area contributed by atoms with Crippen molar-refractivity contribution in [3.05, 3.63) is 28.7 Å². The minimum absolute atomic E-state index is 0. The number of ether oxygens (including phenoxy) is 1. The summed E-state index contributed by atoms with van der Waals surface area (Å²) in [7, 11) is 2.05. The molecule has 1 saturated heterocycles. The van der Waals surface area contributed by atoms with Crippen molar-refractivity contribution in [2.24, 2.45) is 0 Å². The van der Waals surface area contributed by atoms with Gasteiger partial charge < -0.3 is 10.1 Å². The van der Waals surface area contributed by atoms with E-state index in [1.54, 1.807) is 0 Å². The third-order valence-corrected chi connectivity index (χ3v) is 3.88. The quantitative estimate of drug-likeness (QED) is 0.884. The lowest BCUT2D eigenvalue weighted by Gasteiger charge is -2.32. The molecule has 1 atom stereocenters. The van der Waals surface area contributed by atoms with Crippen LogP contribution in [0.25, 0.3) is 0 Å². The zero-order valence-corrected chi connectivity index (χ0v) is 13.7. The maximum atomic E-state index is 5.77. The Balaban J connectivity index is 0.00000180. The van der Waals surface area contributed by atoms with E-state index in [-0.39, 0.29) is 12.4 Å². The predicted molar refractivity (Wildman–Crippen MR) is 85.4 cm³/mol. The average Bonchev–Trinajstić information content (AvgIpc) is 2.39. The van der Waals surface area contributed by atoms with Gasteiger partial charge in [-0.2, -0.15) is 0 Å². The van der Waals surface area contributed by atoms with E-state index in [0.29, 0.717) is 6.04 Å². The van der Waals surface area contributed by atoms with Gasteiger partial charge in [0.2, 0.25) is 0 Å². The largest absolute Gasteiger partial charge is 0.492 e. The van der Waals surface area contributed by atoms with Gasteiger partial charge in [-0.05, 0) is 44.6 Å². The monoisotopic (exact) mass is 348 g/mol. The van der Waals surface area contributed by atoms with E-state index in [9.17, 15) is 0 Å². The van der Waals surface area contributed by atoms with E-state index in [2.05, 4.69) is 26.1 Å². The van der Waals surface area contributed by atoms with Gasteiger partial charge in [0.1, 0.15) is 12.4 Å². The van der Waals surface area contributed by atoms with Gasteiger partial charge >= 0.3 is 0 Å². The Morgan fingerprint density at radius 2 is 2.32 bits per heavy atom. The Labute approximate surface area is 130 Å². The van der Waals surface area contributed by atoms with Gasteiger partial charge in [-0.3, -0.25) is 4.90 Å². The van der Waals surface area contributed by atoms with E-state index in [1.165, 1.54) is 19.4 Å². The molecule has 5 heteroatoms. The van der Waals surface area contributed by atoms with E-state index in [0.717, 1.165) is 29.9 Å². The Kier molecular flexibility index (Phi) is 7.76. The molecule has 3 nitrogen and oxygen atoms in total. The second-order valence-electron chi connectivity index (χ2n) is 4.73. The van der Waals surface area contributed by atoms with Crippen molar-refractivity contribution < 1.29 is 4.74 Å². The number of nitrogens with zero attached hydrogens (tertiary/aromatic N) is 1. The maximum Gasteiger partial charge on any atom is 0.120 e. The smallest absolute Gasteiger partial charge is 0.120 e. The lowest BCUT2D eigenvalue weighted by atomic mass is 10.1. The van der Waals surface area contributed by atoms with E-state index in [1.807, 2.05) is 31.3 Å². The molecule has 1 aromatic rings. The zero-order chi connectivity index (χ0) is 12.8. The summed E-state index contributed by atoms with van der Waals surface area (Å²) in [5, 5.41) is 3.36. The molecule has 0 radical (unpaired) electrons. The predicted octanol–water partition coefficient (Wildman–Crippen LogP) is 2.93. The Morgan fingerprint density at radius 3 is 3.05 bits per heavy atom. The molecule has 1 heterocycles. The third-order valence-electron chi connectivity index (χ3n) is 3.39. The van der Waals surface area contributed by atoms with E-state index in [4.69, 9.17) is 4.74 Å². The van der Waals surface area contributed by atoms with Crippen LogP contribution < -0.4 is 10.1 Å². The molecular formula is C14H22BrClN2O. The summed E-state index contributed by atoms with van der Waals surface area (Å²) in [5.41, 5.74) is 0. The first-order valence-electron chi connectivity index (χ1n) is 6.56. The molecular weight excluding hydrogens is 328 g/mol. The number of hydrogen-bond donors (Lipinski definition) is 1. The van der Waals surface area contributed by atoms with Crippen LogP contribution >= 0.6 is 28.3 Å². The van der Waals surface area contributed by atoms with Crippen molar-refractivity contribution in [2.75, 3.05) is 33.3 Å². The number of halogens is 2. The lowest BCUT2D eigenvalue weighted by molar-refractivity contribution is 0.162. The molecule has 2 rings (SSSR count). The highest BCUT2D eigenvalue weighted by Crippen LogP contribution is 2.17. The molecule has 1 unspecified atom stereocenters. The second-order valence-corrected chi connectivity index (χ2v) is 5.65. The minimum atomic E-state index is 0. The molecule has 108 valence electrons. The van der Waals surface area contributed by atoms with Crippen LogP contribution in [-0.4, -0.2) is 44.2 Å². The van der Waals surface area contributed by atoms with E-state index < -0.39 is 0 Å². The summed E-state index contributed by atoms with van der Waals surface area (Å²) in [6, 6.07) is 8.65. The number of hydrogen-bond acceptors (Lipinski definition) is 3. The van der Waals surface area contributed by atoms with Gasteiger partial charge in [0.25, 0.3) is 0 Å². The number of likely N-dealkylation sites (tertiary alicyclic amines) is 1. The van der Waals surface area contributed by atoms with Gasteiger partial charge in [-0.25, -0.2) is 0 Å². The van der Waals surface area contributed by atoms with Gasteiger partial charge in [0.15, 0.2) is 0 Å². The van der Waals surface area contributed by atoms with Gasteiger partial charge in [0, 0.05) is 23.6 Å². The molecule has 19 heavy (non-hydrogen) atoms. The van der Waals surface area contributed by atoms with Gasteiger partial charge in [-0.15, -0.1) is 12.4 Å². The molecule has 0 bridgehead atoms. The van der Waals surface area contributed by atoms with Gasteiger partial charge in [0.05, 0.1) is 0 Å². The van der Waals surface area contributed by atoms with E-state index >= 15 is 0 Å². The molecule has 1 fully saturated rings. The standard InChI is InChI=1S/C14H21BrN2O.ClH/c1-16-13-5-3-7-17(11-13)8-9-18-14-6-2-4-12(15)10-14;/h2,4,6,10,13,16H,3,5,7-9,11H2,1H3;1H. The molecule has 0 saturated carbocycles. The van der Waals surface area contributed by atoms with Gasteiger partial charge in [-0.1, -0.05) is 22.0 Å². The third kappa shape index (κ3) is 5.69. The zero-order valence-electron chi connectivity index (χ0n) is 11.3. The number of benzene rings is 1. The van der Waals surface area contributed by atoms with Crippen LogP contribution in [0.1, 0.15) is 12.8 Å². The summed E-state index contributed by atoms with van der Waals surface area (Å²) in [6.07, 6.45) is 2.57. The van der Waals surface area contributed by atoms with Crippen molar-refractivity contribution in [3.63, 3.8) is 0 Å². The number of nitrogens with one attached hydrogen (secondary N) is 1. The number of rotatable bonds is 5. The SMILES string of the molecule is CNC1CCCN(CCOc2cccc(Br)c2)C1.Cl. The summed E-state index contributed by atoms with van der Waals surface area (Å²) in [4.78, 5) is 2.47.